The zero-order chi connectivity index (χ0) is 14.1. The topological polar surface area (TPSA) is 101 Å². The van der Waals surface area contributed by atoms with Crippen LogP contribution in [-0.2, 0) is 16.0 Å². The standard InChI is InChI=1S/C14H15NO4/c15-14(12(18)19)7-6-13(9-14,11(16)17)8-10-4-2-1-3-5-10/h1-7H,8-9,15H2,(H,16,17)(H,18,19)/t13-,14+/m1/s1. The van der Waals surface area contributed by atoms with Gasteiger partial charge in [-0.25, -0.2) is 4.79 Å². The molecule has 1 aliphatic carbocycles. The molecule has 0 saturated heterocycles. The molecule has 0 saturated carbocycles. The quantitative estimate of drug-likeness (QED) is 0.703. The van der Waals surface area contributed by atoms with Crippen LogP contribution in [0, 0.1) is 5.41 Å². The third-order valence-electron chi connectivity index (χ3n) is 3.49. The summed E-state index contributed by atoms with van der Waals surface area (Å²) in [7, 11) is 0. The van der Waals surface area contributed by atoms with Crippen LogP contribution >= 0.6 is 0 Å². The van der Waals surface area contributed by atoms with Gasteiger partial charge < -0.3 is 15.9 Å². The van der Waals surface area contributed by atoms with E-state index >= 15 is 0 Å². The van der Waals surface area contributed by atoms with E-state index in [-0.39, 0.29) is 12.8 Å². The van der Waals surface area contributed by atoms with Crippen molar-refractivity contribution in [3.8, 4) is 0 Å². The second kappa shape index (κ2) is 4.51. The number of hydrogen-bond donors (Lipinski definition) is 3. The average molecular weight is 261 g/mol. The van der Waals surface area contributed by atoms with Gasteiger partial charge in [-0.1, -0.05) is 42.5 Å². The minimum Gasteiger partial charge on any atom is -0.481 e. The number of benzene rings is 1. The zero-order valence-corrected chi connectivity index (χ0v) is 10.2. The Morgan fingerprint density at radius 1 is 1.11 bits per heavy atom. The SMILES string of the molecule is N[C@@]1(C(=O)O)C=C[C@](Cc2ccccc2)(C(=O)O)C1. The summed E-state index contributed by atoms with van der Waals surface area (Å²) in [5.41, 5.74) is 3.70. The third-order valence-corrected chi connectivity index (χ3v) is 3.49. The first-order valence-electron chi connectivity index (χ1n) is 5.88. The molecule has 2 atom stereocenters. The Morgan fingerprint density at radius 2 is 1.74 bits per heavy atom. The molecule has 5 nitrogen and oxygen atoms in total. The van der Waals surface area contributed by atoms with Gasteiger partial charge in [0.15, 0.2) is 0 Å². The number of nitrogens with two attached hydrogens (primary N) is 1. The van der Waals surface area contributed by atoms with E-state index in [1.807, 2.05) is 30.3 Å². The van der Waals surface area contributed by atoms with E-state index in [9.17, 15) is 14.7 Å². The lowest BCUT2D eigenvalue weighted by molar-refractivity contribution is -0.148. The summed E-state index contributed by atoms with van der Waals surface area (Å²) in [6.07, 6.45) is 2.79. The molecule has 0 fully saturated rings. The van der Waals surface area contributed by atoms with Crippen molar-refractivity contribution < 1.29 is 19.8 Å². The Morgan fingerprint density at radius 3 is 2.21 bits per heavy atom. The van der Waals surface area contributed by atoms with Crippen LogP contribution in [0.4, 0.5) is 0 Å². The molecule has 0 unspecified atom stereocenters. The van der Waals surface area contributed by atoms with Crippen LogP contribution < -0.4 is 5.73 Å². The molecule has 100 valence electrons. The lowest BCUT2D eigenvalue weighted by Gasteiger charge is -2.26. The molecule has 1 aromatic carbocycles. The normalized spacial score (nSPS) is 29.3. The fourth-order valence-corrected chi connectivity index (χ4v) is 2.40. The van der Waals surface area contributed by atoms with Crippen molar-refractivity contribution >= 4 is 11.9 Å². The Hall–Kier alpha value is -2.14. The maximum Gasteiger partial charge on any atom is 0.327 e. The highest BCUT2D eigenvalue weighted by atomic mass is 16.4. The zero-order valence-electron chi connectivity index (χ0n) is 10.2. The van der Waals surface area contributed by atoms with Gasteiger partial charge in [0.05, 0.1) is 5.41 Å². The van der Waals surface area contributed by atoms with Crippen molar-refractivity contribution in [1.29, 1.82) is 0 Å². The van der Waals surface area contributed by atoms with E-state index in [4.69, 9.17) is 10.8 Å². The third kappa shape index (κ3) is 2.37. The predicted octanol–water partition coefficient (Wildman–Crippen LogP) is 1.04. The van der Waals surface area contributed by atoms with Crippen LogP contribution in [0.5, 0.6) is 0 Å². The molecule has 0 heterocycles. The molecule has 0 amide bonds. The van der Waals surface area contributed by atoms with Crippen LogP contribution in [0.2, 0.25) is 0 Å². The highest BCUT2D eigenvalue weighted by molar-refractivity contribution is 5.87. The highest BCUT2D eigenvalue weighted by Gasteiger charge is 2.50. The second-order valence-corrected chi connectivity index (χ2v) is 4.98. The van der Waals surface area contributed by atoms with Crippen LogP contribution in [0.25, 0.3) is 0 Å². The second-order valence-electron chi connectivity index (χ2n) is 4.98. The molecule has 0 radical (unpaired) electrons. The largest absolute Gasteiger partial charge is 0.481 e. The summed E-state index contributed by atoms with van der Waals surface area (Å²) in [4.78, 5) is 22.7. The summed E-state index contributed by atoms with van der Waals surface area (Å²) in [5.74, 6) is -2.26. The van der Waals surface area contributed by atoms with Gasteiger partial charge in [-0.05, 0) is 18.4 Å². The molecule has 5 heteroatoms. The van der Waals surface area contributed by atoms with Crippen LogP contribution in [0.3, 0.4) is 0 Å². The predicted molar refractivity (Wildman–Crippen MR) is 68.5 cm³/mol. The lowest BCUT2D eigenvalue weighted by Crippen LogP contribution is -2.48. The van der Waals surface area contributed by atoms with Crippen molar-refractivity contribution in [2.75, 3.05) is 0 Å². The number of aliphatic carboxylic acids is 2. The van der Waals surface area contributed by atoms with Crippen molar-refractivity contribution in [2.24, 2.45) is 11.1 Å². The minimum absolute atomic E-state index is 0.139. The number of hydrogen-bond acceptors (Lipinski definition) is 3. The summed E-state index contributed by atoms with van der Waals surface area (Å²) in [6, 6.07) is 9.10. The van der Waals surface area contributed by atoms with Crippen molar-refractivity contribution in [1.82, 2.24) is 0 Å². The fraction of sp³-hybridized carbons (Fsp3) is 0.286. The summed E-state index contributed by atoms with van der Waals surface area (Å²) in [6.45, 7) is 0. The first kappa shape index (κ1) is 13.3. The van der Waals surface area contributed by atoms with E-state index in [1.54, 1.807) is 0 Å². The van der Waals surface area contributed by atoms with Crippen LogP contribution in [0.15, 0.2) is 42.5 Å². The van der Waals surface area contributed by atoms with Gasteiger partial charge >= 0.3 is 11.9 Å². The Labute approximate surface area is 110 Å². The lowest BCUT2D eigenvalue weighted by atomic mass is 9.78. The molecule has 1 aromatic rings. The van der Waals surface area contributed by atoms with E-state index in [1.165, 1.54) is 12.2 Å². The fourth-order valence-electron chi connectivity index (χ4n) is 2.40. The first-order valence-corrected chi connectivity index (χ1v) is 5.88. The Bertz CT molecular complexity index is 540. The molecule has 0 bridgehead atoms. The van der Waals surface area contributed by atoms with Gasteiger partial charge in [-0.15, -0.1) is 0 Å². The molecule has 2 rings (SSSR count). The number of rotatable bonds is 4. The summed E-state index contributed by atoms with van der Waals surface area (Å²) < 4.78 is 0. The van der Waals surface area contributed by atoms with Crippen LogP contribution in [0.1, 0.15) is 12.0 Å². The molecule has 1 aliphatic rings. The monoisotopic (exact) mass is 261 g/mol. The maximum atomic E-state index is 11.5. The van der Waals surface area contributed by atoms with Gasteiger partial charge in [0, 0.05) is 0 Å². The minimum atomic E-state index is -1.60. The van der Waals surface area contributed by atoms with Gasteiger partial charge in [0.25, 0.3) is 0 Å². The summed E-state index contributed by atoms with van der Waals surface area (Å²) >= 11 is 0. The van der Waals surface area contributed by atoms with E-state index in [2.05, 4.69) is 0 Å². The highest BCUT2D eigenvalue weighted by Crippen LogP contribution is 2.40. The van der Waals surface area contributed by atoms with Gasteiger partial charge in [-0.2, -0.15) is 0 Å². The van der Waals surface area contributed by atoms with Gasteiger partial charge in [0.2, 0.25) is 0 Å². The molecule has 0 aliphatic heterocycles. The molecular formula is C14H15NO4. The Balaban J connectivity index is 2.31. The number of carbonyl (C=O) groups is 2. The van der Waals surface area contributed by atoms with Crippen LogP contribution in [-0.4, -0.2) is 27.7 Å². The molecular weight excluding hydrogens is 246 g/mol. The van der Waals surface area contributed by atoms with Crippen molar-refractivity contribution in [2.45, 2.75) is 18.4 Å². The van der Waals surface area contributed by atoms with Crippen molar-refractivity contribution in [3.63, 3.8) is 0 Å². The molecule has 19 heavy (non-hydrogen) atoms. The molecule has 0 aromatic heterocycles. The average Bonchev–Trinajstić information content (AvgIpc) is 2.71. The molecule has 0 spiro atoms. The van der Waals surface area contributed by atoms with Gasteiger partial charge in [-0.3, -0.25) is 4.79 Å². The Kier molecular flexibility index (Phi) is 3.16. The van der Waals surface area contributed by atoms with E-state index in [0.717, 1.165) is 5.56 Å². The first-order chi connectivity index (χ1) is 8.88. The number of carboxylic acid groups (broad SMARTS) is 2. The molecule has 4 N–H and O–H groups in total. The van der Waals surface area contributed by atoms with E-state index < -0.39 is 22.9 Å². The maximum absolute atomic E-state index is 11.5. The van der Waals surface area contributed by atoms with Gasteiger partial charge in [0.1, 0.15) is 5.54 Å². The van der Waals surface area contributed by atoms with Crippen molar-refractivity contribution in [3.05, 3.63) is 48.0 Å². The van der Waals surface area contributed by atoms with E-state index in [0.29, 0.717) is 0 Å². The number of carboxylic acids is 2. The smallest absolute Gasteiger partial charge is 0.327 e. The summed E-state index contributed by atoms with van der Waals surface area (Å²) in [5, 5.41) is 18.5.